The lowest BCUT2D eigenvalue weighted by atomic mass is 10.2. The van der Waals surface area contributed by atoms with E-state index in [0.717, 1.165) is 34.8 Å². The Bertz CT molecular complexity index is 1500. The summed E-state index contributed by atoms with van der Waals surface area (Å²) < 4.78 is 8.12. The highest BCUT2D eigenvalue weighted by Gasteiger charge is 2.19. The van der Waals surface area contributed by atoms with Gasteiger partial charge in [0.25, 0.3) is 0 Å². The van der Waals surface area contributed by atoms with E-state index in [-0.39, 0.29) is 5.91 Å². The number of likely N-dealkylation sites (N-methyl/N-ethyl adjacent to an activating group) is 2. The molecule has 0 bridgehead atoms. The first kappa shape index (κ1) is 28.1. The number of aromatic nitrogens is 4. The maximum absolute atomic E-state index is 12.3. The summed E-state index contributed by atoms with van der Waals surface area (Å²) in [4.78, 5) is 28.3. The van der Waals surface area contributed by atoms with Crippen LogP contribution in [0.4, 0.5) is 28.8 Å². The highest BCUT2D eigenvalue weighted by molar-refractivity contribution is 7.22. The second-order valence-electron chi connectivity index (χ2n) is 9.25. The molecule has 3 heterocycles. The van der Waals surface area contributed by atoms with Gasteiger partial charge in [-0.25, -0.2) is 9.67 Å². The number of benzene rings is 1. The average molecular weight is 570 g/mol. The molecule has 4 rings (SSSR count). The Morgan fingerprint density at radius 1 is 1.18 bits per heavy atom. The molecule has 1 amide bonds. The van der Waals surface area contributed by atoms with Gasteiger partial charge in [-0.15, -0.1) is 16.4 Å². The largest absolute Gasteiger partial charge is 0.494 e. The van der Waals surface area contributed by atoms with Crippen LogP contribution in [0.2, 0.25) is 4.34 Å². The number of carbonyl (C=O) groups excluding carboxylic acids is 1. The van der Waals surface area contributed by atoms with E-state index in [1.54, 1.807) is 30.1 Å². The maximum Gasteiger partial charge on any atom is 0.247 e. The molecule has 0 spiro atoms. The van der Waals surface area contributed by atoms with E-state index in [0.29, 0.717) is 33.2 Å². The molecule has 11 nitrogen and oxygen atoms in total. The van der Waals surface area contributed by atoms with Crippen molar-refractivity contribution in [3.05, 3.63) is 47.5 Å². The zero-order valence-electron chi connectivity index (χ0n) is 22.8. The van der Waals surface area contributed by atoms with Gasteiger partial charge in [0.1, 0.15) is 10.6 Å². The second kappa shape index (κ2) is 11.9. The Balaban J connectivity index is 1.72. The van der Waals surface area contributed by atoms with Crippen LogP contribution in [0.3, 0.4) is 0 Å². The number of nitrogens with one attached hydrogen (secondary N) is 2. The maximum atomic E-state index is 12.3. The molecular formula is C26H32ClN9O2S. The van der Waals surface area contributed by atoms with Gasteiger partial charge in [0, 0.05) is 52.6 Å². The third-order valence-corrected chi connectivity index (χ3v) is 7.13. The molecule has 0 aliphatic heterocycles. The molecule has 0 radical (unpaired) electrons. The fraction of sp³-hybridized carbons (Fsp3) is 0.308. The van der Waals surface area contributed by atoms with Crippen molar-refractivity contribution in [2.45, 2.75) is 0 Å². The summed E-state index contributed by atoms with van der Waals surface area (Å²) in [5.41, 5.74) is 1.98. The molecule has 39 heavy (non-hydrogen) atoms. The van der Waals surface area contributed by atoms with Gasteiger partial charge in [0.2, 0.25) is 11.9 Å². The molecule has 0 atom stereocenters. The first-order valence-electron chi connectivity index (χ1n) is 12.1. The predicted molar refractivity (Wildman–Crippen MR) is 161 cm³/mol. The van der Waals surface area contributed by atoms with Crippen LogP contribution in [0.15, 0.2) is 43.1 Å². The fourth-order valence-corrected chi connectivity index (χ4v) is 5.07. The van der Waals surface area contributed by atoms with Crippen LogP contribution >= 0.6 is 22.9 Å². The number of nitrogens with zero attached hydrogens (tertiary/aromatic N) is 7. The summed E-state index contributed by atoms with van der Waals surface area (Å²) in [6, 6.07) is 7.35. The second-order valence-corrected chi connectivity index (χ2v) is 10.9. The molecule has 0 aliphatic rings. The zero-order chi connectivity index (χ0) is 28.3. The monoisotopic (exact) mass is 569 g/mol. The lowest BCUT2D eigenvalue weighted by Crippen LogP contribution is -2.29. The summed E-state index contributed by atoms with van der Waals surface area (Å²) in [6.45, 7) is 5.15. The summed E-state index contributed by atoms with van der Waals surface area (Å²) >= 11 is 7.75. The van der Waals surface area contributed by atoms with Gasteiger partial charge < -0.3 is 30.1 Å². The average Bonchev–Trinajstić information content (AvgIpc) is 3.44. The van der Waals surface area contributed by atoms with Crippen LogP contribution in [0.25, 0.3) is 16.0 Å². The molecule has 0 aliphatic carbocycles. The number of fused-ring (bicyclic) bond motifs is 1. The van der Waals surface area contributed by atoms with E-state index in [1.165, 1.54) is 17.4 Å². The summed E-state index contributed by atoms with van der Waals surface area (Å²) in [5, 5.41) is 11.8. The SMILES string of the molecule is C=CC(=O)Nc1cc(Nc2nccc(-n3nc(N(C)C)c4cc(Cl)sc43)n2)c(OC)cc1N(C)CCN(C)C. The molecule has 0 unspecified atom stereocenters. The van der Waals surface area contributed by atoms with Crippen LogP contribution in [-0.2, 0) is 4.79 Å². The Hall–Kier alpha value is -3.87. The number of methoxy groups -OCH3 is 1. The lowest BCUT2D eigenvalue weighted by molar-refractivity contribution is -0.111. The van der Waals surface area contributed by atoms with Crippen LogP contribution in [-0.4, -0.2) is 86.0 Å². The van der Waals surface area contributed by atoms with Gasteiger partial charge in [0.15, 0.2) is 11.6 Å². The minimum Gasteiger partial charge on any atom is -0.494 e. The van der Waals surface area contributed by atoms with Crippen molar-refractivity contribution in [1.82, 2.24) is 24.6 Å². The van der Waals surface area contributed by atoms with Crippen molar-refractivity contribution in [2.24, 2.45) is 0 Å². The first-order valence-corrected chi connectivity index (χ1v) is 13.3. The van der Waals surface area contributed by atoms with E-state index in [2.05, 4.69) is 32.0 Å². The molecule has 2 N–H and O–H groups in total. The van der Waals surface area contributed by atoms with Crippen molar-refractivity contribution in [1.29, 1.82) is 0 Å². The van der Waals surface area contributed by atoms with Crippen LogP contribution in [0.1, 0.15) is 0 Å². The van der Waals surface area contributed by atoms with Gasteiger partial charge in [-0.3, -0.25) is 4.79 Å². The van der Waals surface area contributed by atoms with Crippen molar-refractivity contribution in [3.8, 4) is 11.6 Å². The molecule has 0 fully saturated rings. The van der Waals surface area contributed by atoms with E-state index in [1.807, 2.05) is 52.3 Å². The topological polar surface area (TPSA) is 104 Å². The van der Waals surface area contributed by atoms with Gasteiger partial charge in [-0.1, -0.05) is 18.2 Å². The third kappa shape index (κ3) is 6.24. The van der Waals surface area contributed by atoms with Gasteiger partial charge >= 0.3 is 0 Å². The van der Waals surface area contributed by atoms with Crippen molar-refractivity contribution in [3.63, 3.8) is 0 Å². The molecule has 206 valence electrons. The smallest absolute Gasteiger partial charge is 0.247 e. The molecule has 3 aromatic heterocycles. The predicted octanol–water partition coefficient (Wildman–Crippen LogP) is 4.47. The molecule has 0 saturated carbocycles. The van der Waals surface area contributed by atoms with Crippen LogP contribution in [0, 0.1) is 0 Å². The number of rotatable bonds is 11. The summed E-state index contributed by atoms with van der Waals surface area (Å²) in [5.74, 6) is 1.94. The van der Waals surface area contributed by atoms with E-state index >= 15 is 0 Å². The number of halogens is 1. The Labute approximate surface area is 236 Å². The number of carbonyl (C=O) groups is 1. The number of hydrogen-bond acceptors (Lipinski definition) is 10. The Morgan fingerprint density at radius 2 is 1.95 bits per heavy atom. The number of amides is 1. The van der Waals surface area contributed by atoms with Gasteiger partial charge in [-0.2, -0.15) is 4.98 Å². The normalized spacial score (nSPS) is 11.1. The minimum absolute atomic E-state index is 0.319. The molecule has 0 saturated heterocycles. The summed E-state index contributed by atoms with van der Waals surface area (Å²) in [6.07, 6.45) is 2.89. The Kier molecular flexibility index (Phi) is 8.58. The van der Waals surface area contributed by atoms with Gasteiger partial charge in [0.05, 0.1) is 33.9 Å². The quantitative estimate of drug-likeness (QED) is 0.253. The number of hydrogen-bond donors (Lipinski definition) is 2. The first-order chi connectivity index (χ1) is 18.6. The molecule has 4 aromatic rings. The minimum atomic E-state index is -0.319. The summed E-state index contributed by atoms with van der Waals surface area (Å²) in [7, 11) is 11.4. The molecular weight excluding hydrogens is 538 g/mol. The molecule has 13 heteroatoms. The van der Waals surface area contributed by atoms with Crippen molar-refractivity contribution in [2.75, 3.05) is 75.9 Å². The Morgan fingerprint density at radius 3 is 2.62 bits per heavy atom. The highest BCUT2D eigenvalue weighted by Crippen LogP contribution is 2.39. The number of thiophene rings is 1. The van der Waals surface area contributed by atoms with E-state index in [9.17, 15) is 4.79 Å². The highest BCUT2D eigenvalue weighted by atomic mass is 35.5. The lowest BCUT2D eigenvalue weighted by Gasteiger charge is -2.26. The van der Waals surface area contributed by atoms with E-state index in [4.69, 9.17) is 26.4 Å². The van der Waals surface area contributed by atoms with Crippen molar-refractivity contribution >= 4 is 67.9 Å². The zero-order valence-corrected chi connectivity index (χ0v) is 24.4. The number of anilines is 5. The van der Waals surface area contributed by atoms with Gasteiger partial charge in [-0.05, 0) is 32.3 Å². The van der Waals surface area contributed by atoms with Crippen LogP contribution < -0.4 is 25.2 Å². The molecule has 1 aromatic carbocycles. The van der Waals surface area contributed by atoms with E-state index < -0.39 is 0 Å². The fourth-order valence-electron chi connectivity index (χ4n) is 3.90. The van der Waals surface area contributed by atoms with Crippen LogP contribution in [0.5, 0.6) is 5.75 Å². The number of ether oxygens (including phenoxy) is 1. The van der Waals surface area contributed by atoms with Crippen molar-refractivity contribution < 1.29 is 9.53 Å². The third-order valence-electron chi connectivity index (χ3n) is 5.89. The standard InChI is InChI=1S/C26H32ClN9O2S/c1-8-23(37)29-17-14-18(20(38-7)15-19(17)35(6)12-11-33(2)3)30-26-28-10-9-22(31-26)36-25-16(13-21(27)39-25)24(32-36)34(4)5/h8-10,13-15H,1,11-12H2,2-7H3,(H,29,37)(H,28,30,31).